The maximum absolute atomic E-state index is 6.16. The number of rotatable bonds is 8. The molecule has 1 aliphatic heterocycles. The van der Waals surface area contributed by atoms with E-state index in [-0.39, 0.29) is 6.04 Å². The summed E-state index contributed by atoms with van der Waals surface area (Å²) in [6, 6.07) is 18.8. The standard InChI is InChI=1S/C25H30N2O3S/c1-28-21-16-20(17-22(29-2)25(21)30-18-19-8-4-3-5-9-19)24(23-10-6-15-31-23)27-13-7-11-26-12-14-27/h3-6,8-10,15-17,24,26H,7,11-14,18H2,1-2H3. The molecule has 5 nitrogen and oxygen atoms in total. The number of ether oxygens (including phenoxy) is 3. The van der Waals surface area contributed by atoms with Crippen molar-refractivity contribution < 1.29 is 14.2 Å². The van der Waals surface area contributed by atoms with Gasteiger partial charge in [-0.3, -0.25) is 4.90 Å². The van der Waals surface area contributed by atoms with Gasteiger partial charge < -0.3 is 19.5 Å². The monoisotopic (exact) mass is 438 g/mol. The Bertz CT molecular complexity index is 914. The van der Waals surface area contributed by atoms with Gasteiger partial charge in [0.2, 0.25) is 5.75 Å². The molecular formula is C25H30N2O3S. The van der Waals surface area contributed by atoms with Gasteiger partial charge in [-0.25, -0.2) is 0 Å². The predicted octanol–water partition coefficient (Wildman–Crippen LogP) is 4.73. The molecule has 0 aliphatic carbocycles. The van der Waals surface area contributed by atoms with Gasteiger partial charge in [-0.05, 0) is 47.7 Å². The molecular weight excluding hydrogens is 408 g/mol. The first kappa shape index (κ1) is 21.7. The van der Waals surface area contributed by atoms with Crippen LogP contribution in [0.5, 0.6) is 17.2 Å². The van der Waals surface area contributed by atoms with E-state index in [4.69, 9.17) is 14.2 Å². The van der Waals surface area contributed by atoms with Gasteiger partial charge in [0.05, 0.1) is 20.3 Å². The molecule has 2 heterocycles. The van der Waals surface area contributed by atoms with E-state index < -0.39 is 0 Å². The highest BCUT2D eigenvalue weighted by Crippen LogP contribution is 2.43. The van der Waals surface area contributed by atoms with Crippen molar-refractivity contribution in [3.8, 4) is 17.2 Å². The highest BCUT2D eigenvalue weighted by atomic mass is 32.1. The van der Waals surface area contributed by atoms with Gasteiger partial charge in [-0.1, -0.05) is 36.4 Å². The van der Waals surface area contributed by atoms with Crippen molar-refractivity contribution in [2.24, 2.45) is 0 Å². The molecule has 0 spiro atoms. The molecule has 1 aromatic heterocycles. The van der Waals surface area contributed by atoms with Crippen LogP contribution in [-0.2, 0) is 6.61 Å². The van der Waals surface area contributed by atoms with E-state index in [9.17, 15) is 0 Å². The van der Waals surface area contributed by atoms with Crippen molar-refractivity contribution in [3.63, 3.8) is 0 Å². The molecule has 31 heavy (non-hydrogen) atoms. The van der Waals surface area contributed by atoms with Gasteiger partial charge in [-0.15, -0.1) is 11.3 Å². The number of thiophene rings is 1. The fourth-order valence-corrected chi connectivity index (χ4v) is 4.94. The Hall–Kier alpha value is -2.54. The Morgan fingerprint density at radius 1 is 0.968 bits per heavy atom. The van der Waals surface area contributed by atoms with E-state index >= 15 is 0 Å². The number of methoxy groups -OCH3 is 2. The fraction of sp³-hybridized carbons (Fsp3) is 0.360. The van der Waals surface area contributed by atoms with Crippen molar-refractivity contribution in [2.45, 2.75) is 19.1 Å². The molecule has 0 radical (unpaired) electrons. The Kier molecular flexibility index (Phi) is 7.46. The molecule has 0 saturated carbocycles. The average molecular weight is 439 g/mol. The van der Waals surface area contributed by atoms with Crippen LogP contribution in [0.25, 0.3) is 0 Å². The van der Waals surface area contributed by atoms with E-state index in [1.54, 1.807) is 25.6 Å². The second-order valence-corrected chi connectivity index (χ2v) is 8.57. The maximum atomic E-state index is 6.16. The number of nitrogens with one attached hydrogen (secondary N) is 1. The van der Waals surface area contributed by atoms with Crippen LogP contribution in [-0.4, -0.2) is 45.3 Å². The van der Waals surface area contributed by atoms with Crippen LogP contribution in [0.4, 0.5) is 0 Å². The molecule has 1 fully saturated rings. The number of nitrogens with zero attached hydrogens (tertiary/aromatic N) is 1. The summed E-state index contributed by atoms with van der Waals surface area (Å²) in [7, 11) is 3.37. The van der Waals surface area contributed by atoms with Crippen LogP contribution >= 0.6 is 11.3 Å². The summed E-state index contributed by atoms with van der Waals surface area (Å²) >= 11 is 1.79. The van der Waals surface area contributed by atoms with Crippen LogP contribution < -0.4 is 19.5 Å². The van der Waals surface area contributed by atoms with Crippen LogP contribution in [0.3, 0.4) is 0 Å². The third-order valence-electron chi connectivity index (χ3n) is 5.58. The molecule has 1 saturated heterocycles. The quantitative estimate of drug-likeness (QED) is 0.551. The lowest BCUT2D eigenvalue weighted by molar-refractivity contribution is 0.240. The lowest BCUT2D eigenvalue weighted by Gasteiger charge is -2.31. The summed E-state index contributed by atoms with van der Waals surface area (Å²) < 4.78 is 17.7. The molecule has 1 unspecified atom stereocenters. The second-order valence-electron chi connectivity index (χ2n) is 7.59. The van der Waals surface area contributed by atoms with Crippen LogP contribution in [0.2, 0.25) is 0 Å². The fourth-order valence-electron chi connectivity index (χ4n) is 4.06. The first-order valence-electron chi connectivity index (χ1n) is 10.7. The van der Waals surface area contributed by atoms with E-state index in [0.29, 0.717) is 23.9 Å². The minimum absolute atomic E-state index is 0.158. The van der Waals surface area contributed by atoms with Crippen molar-refractivity contribution in [1.82, 2.24) is 10.2 Å². The van der Waals surface area contributed by atoms with Crippen LogP contribution in [0, 0.1) is 0 Å². The van der Waals surface area contributed by atoms with Crippen molar-refractivity contribution in [1.29, 1.82) is 0 Å². The van der Waals surface area contributed by atoms with Gasteiger partial charge in [0, 0.05) is 24.5 Å². The topological polar surface area (TPSA) is 43.0 Å². The molecule has 4 rings (SSSR count). The molecule has 1 N–H and O–H groups in total. The molecule has 1 atom stereocenters. The van der Waals surface area contributed by atoms with Gasteiger partial charge in [0.15, 0.2) is 11.5 Å². The zero-order valence-corrected chi connectivity index (χ0v) is 19.0. The van der Waals surface area contributed by atoms with Crippen LogP contribution in [0.15, 0.2) is 60.0 Å². The number of hydrogen-bond donors (Lipinski definition) is 1. The third-order valence-corrected chi connectivity index (χ3v) is 6.50. The normalized spacial score (nSPS) is 15.8. The molecule has 2 aromatic carbocycles. The number of hydrogen-bond acceptors (Lipinski definition) is 6. The van der Waals surface area contributed by atoms with Crippen molar-refractivity contribution >= 4 is 11.3 Å². The molecule has 1 aliphatic rings. The summed E-state index contributed by atoms with van der Waals surface area (Å²) in [5.74, 6) is 2.03. The summed E-state index contributed by atoms with van der Waals surface area (Å²) in [5.41, 5.74) is 2.26. The van der Waals surface area contributed by atoms with Gasteiger partial charge in [-0.2, -0.15) is 0 Å². The summed E-state index contributed by atoms with van der Waals surface area (Å²) in [6.07, 6.45) is 1.13. The minimum Gasteiger partial charge on any atom is -0.493 e. The van der Waals surface area contributed by atoms with Crippen LogP contribution in [0.1, 0.15) is 28.5 Å². The predicted molar refractivity (Wildman–Crippen MR) is 126 cm³/mol. The third kappa shape index (κ3) is 5.21. The lowest BCUT2D eigenvalue weighted by atomic mass is 10.0. The first-order chi connectivity index (χ1) is 15.3. The largest absolute Gasteiger partial charge is 0.493 e. The Labute approximate surface area is 188 Å². The summed E-state index contributed by atoms with van der Waals surface area (Å²) in [5, 5.41) is 5.65. The molecule has 0 amide bonds. The van der Waals surface area contributed by atoms with Crippen molar-refractivity contribution in [3.05, 3.63) is 76.0 Å². The minimum atomic E-state index is 0.158. The molecule has 6 heteroatoms. The average Bonchev–Trinajstić information content (AvgIpc) is 3.21. The summed E-state index contributed by atoms with van der Waals surface area (Å²) in [4.78, 5) is 3.87. The summed E-state index contributed by atoms with van der Waals surface area (Å²) in [6.45, 7) is 4.56. The lowest BCUT2D eigenvalue weighted by Crippen LogP contribution is -2.32. The molecule has 164 valence electrons. The van der Waals surface area contributed by atoms with E-state index in [2.05, 4.69) is 39.9 Å². The van der Waals surface area contributed by atoms with E-state index in [1.165, 1.54) is 4.88 Å². The van der Waals surface area contributed by atoms with E-state index in [1.807, 2.05) is 30.3 Å². The SMILES string of the molecule is COc1cc(C(c2cccs2)N2CCCNCC2)cc(OC)c1OCc1ccccc1. The Morgan fingerprint density at radius 3 is 2.42 bits per heavy atom. The maximum Gasteiger partial charge on any atom is 0.203 e. The highest BCUT2D eigenvalue weighted by molar-refractivity contribution is 7.10. The van der Waals surface area contributed by atoms with Gasteiger partial charge in [0.25, 0.3) is 0 Å². The molecule has 3 aromatic rings. The Balaban J connectivity index is 1.68. The molecule has 0 bridgehead atoms. The zero-order valence-electron chi connectivity index (χ0n) is 18.2. The van der Waals surface area contributed by atoms with Gasteiger partial charge >= 0.3 is 0 Å². The first-order valence-corrected chi connectivity index (χ1v) is 11.6. The smallest absolute Gasteiger partial charge is 0.203 e. The van der Waals surface area contributed by atoms with Gasteiger partial charge in [0.1, 0.15) is 6.61 Å². The highest BCUT2D eigenvalue weighted by Gasteiger charge is 2.27. The van der Waals surface area contributed by atoms with Crippen molar-refractivity contribution in [2.75, 3.05) is 40.4 Å². The second kappa shape index (κ2) is 10.7. The number of benzene rings is 2. The zero-order chi connectivity index (χ0) is 21.5. The van der Waals surface area contributed by atoms with E-state index in [0.717, 1.165) is 43.7 Å². The Morgan fingerprint density at radius 2 is 1.74 bits per heavy atom.